The van der Waals surface area contributed by atoms with Gasteiger partial charge in [-0.05, 0) is 18.2 Å². The lowest BCUT2D eigenvalue weighted by Gasteiger charge is -2.07. The molecule has 156 valence electrons. The van der Waals surface area contributed by atoms with E-state index in [1.165, 1.54) is 30.4 Å². The van der Waals surface area contributed by atoms with Crippen LogP contribution in [0, 0.1) is 11.6 Å². The molecule has 0 amide bonds. The summed E-state index contributed by atoms with van der Waals surface area (Å²) in [6, 6.07) is 3.17. The third kappa shape index (κ3) is 4.02. The first-order valence-electron chi connectivity index (χ1n) is 8.72. The molecule has 0 atom stereocenters. The number of ether oxygens (including phenoxy) is 1. The molecule has 1 aromatic carbocycles. The molecule has 0 aliphatic carbocycles. The number of alkyl halides is 2. The normalized spacial score (nSPS) is 11.4. The molecule has 3 heterocycles. The number of nitrogens with one attached hydrogen (secondary N) is 1. The topological polar surface area (TPSA) is 82.7 Å². The number of halogens is 4. The van der Waals surface area contributed by atoms with Crippen molar-refractivity contribution >= 4 is 22.7 Å². The van der Waals surface area contributed by atoms with E-state index >= 15 is 0 Å². The zero-order chi connectivity index (χ0) is 21.3. The van der Waals surface area contributed by atoms with E-state index in [-0.39, 0.29) is 23.9 Å². The van der Waals surface area contributed by atoms with E-state index < -0.39 is 24.6 Å². The number of fused-ring (bicyclic) bond motifs is 1. The third-order valence-corrected chi connectivity index (χ3v) is 4.20. The number of methoxy groups -OCH3 is 1. The van der Waals surface area contributed by atoms with Crippen molar-refractivity contribution < 1.29 is 22.3 Å². The van der Waals surface area contributed by atoms with Gasteiger partial charge in [-0.25, -0.2) is 27.2 Å². The maximum atomic E-state index is 14.0. The van der Waals surface area contributed by atoms with Crippen molar-refractivity contribution in [1.82, 2.24) is 29.5 Å². The van der Waals surface area contributed by atoms with Crippen LogP contribution in [0.1, 0.15) is 5.56 Å². The molecule has 0 unspecified atom stereocenters. The Bertz CT molecular complexity index is 1190. The minimum Gasteiger partial charge on any atom is -0.478 e. The monoisotopic (exact) mass is 421 g/mol. The Hall–Kier alpha value is -3.70. The molecule has 0 fully saturated rings. The van der Waals surface area contributed by atoms with Crippen LogP contribution in [0.15, 0.2) is 36.8 Å². The van der Waals surface area contributed by atoms with Gasteiger partial charge in [0.15, 0.2) is 5.65 Å². The molecule has 0 radical (unpaired) electrons. The second kappa shape index (κ2) is 7.97. The van der Waals surface area contributed by atoms with Crippen molar-refractivity contribution in [2.45, 2.75) is 19.5 Å². The van der Waals surface area contributed by atoms with Gasteiger partial charge in [0, 0.05) is 11.8 Å². The summed E-state index contributed by atoms with van der Waals surface area (Å²) < 4.78 is 60.2. The predicted molar refractivity (Wildman–Crippen MR) is 98.8 cm³/mol. The number of rotatable bonds is 7. The fraction of sp³-hybridized carbons (Fsp3) is 0.222. The molecular formula is C18H15F4N7O. The fourth-order valence-corrected chi connectivity index (χ4v) is 2.86. The van der Waals surface area contributed by atoms with Gasteiger partial charge < -0.3 is 10.1 Å². The molecular weight excluding hydrogens is 406 g/mol. The first-order valence-corrected chi connectivity index (χ1v) is 8.72. The molecule has 4 aromatic rings. The minimum atomic E-state index is -2.58. The zero-order valence-electron chi connectivity index (χ0n) is 15.6. The summed E-state index contributed by atoms with van der Waals surface area (Å²) in [6.07, 6.45) is 1.76. The van der Waals surface area contributed by atoms with Crippen LogP contribution in [0.2, 0.25) is 0 Å². The first kappa shape index (κ1) is 19.6. The highest BCUT2D eigenvalue weighted by molar-refractivity contribution is 5.75. The van der Waals surface area contributed by atoms with Crippen LogP contribution in [0.4, 0.5) is 29.2 Å². The molecule has 0 bridgehead atoms. The molecule has 12 heteroatoms. The summed E-state index contributed by atoms with van der Waals surface area (Å²) in [5.41, 5.74) is 0.776. The third-order valence-electron chi connectivity index (χ3n) is 4.20. The van der Waals surface area contributed by atoms with Gasteiger partial charge in [0.05, 0.1) is 31.4 Å². The average Bonchev–Trinajstić information content (AvgIpc) is 3.27. The number of nitrogens with zero attached hydrogens (tertiary/aromatic N) is 6. The van der Waals surface area contributed by atoms with Gasteiger partial charge >= 0.3 is 0 Å². The van der Waals surface area contributed by atoms with Crippen LogP contribution < -0.4 is 10.1 Å². The number of hydrogen-bond donors (Lipinski definition) is 1. The van der Waals surface area contributed by atoms with Crippen LogP contribution in [0.25, 0.3) is 11.0 Å². The molecule has 4 rings (SSSR count). The summed E-state index contributed by atoms with van der Waals surface area (Å²) in [5, 5.41) is 11.5. The van der Waals surface area contributed by atoms with Gasteiger partial charge in [0.2, 0.25) is 5.95 Å². The molecule has 0 saturated heterocycles. The summed E-state index contributed by atoms with van der Waals surface area (Å²) in [7, 11) is 1.35. The summed E-state index contributed by atoms with van der Waals surface area (Å²) >= 11 is 0. The zero-order valence-corrected chi connectivity index (χ0v) is 15.6. The Balaban J connectivity index is 1.63. The Labute approximate surface area is 167 Å². The van der Waals surface area contributed by atoms with Gasteiger partial charge in [-0.1, -0.05) is 0 Å². The highest BCUT2D eigenvalue weighted by atomic mass is 19.3. The minimum absolute atomic E-state index is 0.0425. The van der Waals surface area contributed by atoms with Crippen molar-refractivity contribution in [2.24, 2.45) is 0 Å². The van der Waals surface area contributed by atoms with E-state index in [2.05, 4.69) is 25.5 Å². The molecule has 8 nitrogen and oxygen atoms in total. The quantitative estimate of drug-likeness (QED) is 0.461. The number of anilines is 2. The number of hydrogen-bond acceptors (Lipinski definition) is 6. The molecule has 0 saturated carbocycles. The van der Waals surface area contributed by atoms with E-state index in [0.717, 1.165) is 22.9 Å². The van der Waals surface area contributed by atoms with E-state index in [0.29, 0.717) is 16.7 Å². The molecule has 0 spiro atoms. The number of benzene rings is 1. The van der Waals surface area contributed by atoms with Crippen LogP contribution in [0.5, 0.6) is 5.88 Å². The first-order chi connectivity index (χ1) is 14.4. The lowest BCUT2D eigenvalue weighted by molar-refractivity contribution is 0.121. The van der Waals surface area contributed by atoms with E-state index in [1.807, 2.05) is 0 Å². The van der Waals surface area contributed by atoms with Crippen molar-refractivity contribution in [3.8, 4) is 5.88 Å². The van der Waals surface area contributed by atoms with Crippen molar-refractivity contribution in [3.63, 3.8) is 0 Å². The molecule has 0 aliphatic rings. The van der Waals surface area contributed by atoms with Crippen LogP contribution >= 0.6 is 0 Å². The van der Waals surface area contributed by atoms with E-state index in [1.54, 1.807) is 0 Å². The van der Waals surface area contributed by atoms with Crippen molar-refractivity contribution in [3.05, 3.63) is 54.0 Å². The average molecular weight is 421 g/mol. The van der Waals surface area contributed by atoms with Crippen LogP contribution in [-0.2, 0) is 13.1 Å². The summed E-state index contributed by atoms with van der Waals surface area (Å²) in [4.78, 5) is 8.50. The highest BCUT2D eigenvalue weighted by Gasteiger charge is 2.15. The second-order valence-electron chi connectivity index (χ2n) is 6.30. The predicted octanol–water partition coefficient (Wildman–Crippen LogP) is 3.37. The van der Waals surface area contributed by atoms with Gasteiger partial charge in [-0.2, -0.15) is 10.1 Å². The maximum absolute atomic E-state index is 14.0. The second-order valence-corrected chi connectivity index (χ2v) is 6.30. The molecule has 0 aliphatic heterocycles. The SMILES string of the molecule is COc1nn(CC(F)F)cc1Nc1ncc2cnn(Cc3cc(F)ccc3F)c2n1. The van der Waals surface area contributed by atoms with Crippen LogP contribution in [-0.4, -0.2) is 43.1 Å². The van der Waals surface area contributed by atoms with E-state index in [9.17, 15) is 17.6 Å². The van der Waals surface area contributed by atoms with Crippen molar-refractivity contribution in [2.75, 3.05) is 12.4 Å². The van der Waals surface area contributed by atoms with Gasteiger partial charge in [0.25, 0.3) is 12.3 Å². The van der Waals surface area contributed by atoms with Crippen molar-refractivity contribution in [1.29, 1.82) is 0 Å². The number of aromatic nitrogens is 6. The Kier molecular flexibility index (Phi) is 5.21. The highest BCUT2D eigenvalue weighted by Crippen LogP contribution is 2.26. The smallest absolute Gasteiger partial charge is 0.257 e. The lowest BCUT2D eigenvalue weighted by Crippen LogP contribution is -2.07. The Morgan fingerprint density at radius 1 is 1.20 bits per heavy atom. The van der Waals surface area contributed by atoms with Crippen LogP contribution in [0.3, 0.4) is 0 Å². The van der Waals surface area contributed by atoms with Gasteiger partial charge in [0.1, 0.15) is 23.9 Å². The standard InChI is InChI=1S/C18H15F4N7O/c1-30-17-14(8-28(27-17)9-15(21)22)25-18-23-5-11-6-24-29(16(11)26-18)7-10-4-12(19)2-3-13(10)20/h2-6,8,15H,7,9H2,1H3,(H,23,25,26). The maximum Gasteiger partial charge on any atom is 0.257 e. The summed E-state index contributed by atoms with van der Waals surface area (Å²) in [6.45, 7) is -0.636. The molecule has 3 aromatic heterocycles. The Morgan fingerprint density at radius 2 is 2.03 bits per heavy atom. The fourth-order valence-electron chi connectivity index (χ4n) is 2.86. The Morgan fingerprint density at radius 3 is 2.80 bits per heavy atom. The summed E-state index contributed by atoms with van der Waals surface area (Å²) in [5.74, 6) is -0.912. The largest absolute Gasteiger partial charge is 0.478 e. The van der Waals surface area contributed by atoms with Gasteiger partial charge in [-0.15, -0.1) is 5.10 Å². The van der Waals surface area contributed by atoms with E-state index in [4.69, 9.17) is 4.74 Å². The lowest BCUT2D eigenvalue weighted by atomic mass is 10.2. The van der Waals surface area contributed by atoms with Gasteiger partial charge in [-0.3, -0.25) is 4.68 Å². The molecule has 1 N–H and O–H groups in total. The molecule has 30 heavy (non-hydrogen) atoms.